The zero-order chi connectivity index (χ0) is 29.3. The summed E-state index contributed by atoms with van der Waals surface area (Å²) in [5.41, 5.74) is 0. The molecule has 1 unspecified atom stereocenters. The maximum atomic E-state index is 10.4. The van der Waals surface area contributed by atoms with Gasteiger partial charge in [-0.1, -0.05) is 6.92 Å². The van der Waals surface area contributed by atoms with Crippen LogP contribution >= 0.6 is 39.5 Å². The average molecular weight is 646 g/mol. The molecule has 0 spiro atoms. The van der Waals surface area contributed by atoms with Crippen LogP contribution in [0.3, 0.4) is 0 Å². The number of halogens is 5. The van der Waals surface area contributed by atoms with Crippen LogP contribution in [0.4, 0.5) is 21.0 Å². The molecule has 0 aromatic rings. The first-order valence-electron chi connectivity index (χ1n) is 6.20. The molecule has 0 amide bonds. The molecule has 0 aromatic heterocycles. The molecule has 34 heavy (non-hydrogen) atoms. The van der Waals surface area contributed by atoms with Crippen LogP contribution in [0.25, 0.3) is 0 Å². The molecule has 0 aliphatic heterocycles. The quantitative estimate of drug-likeness (QED) is 0.0829. The molecule has 0 aromatic carbocycles. The van der Waals surface area contributed by atoms with Crippen LogP contribution < -0.4 is 0 Å². The van der Waals surface area contributed by atoms with E-state index in [0.717, 1.165) is 0 Å². The van der Waals surface area contributed by atoms with Crippen LogP contribution in [-0.2, 0) is 32.9 Å². The topological polar surface area (TPSA) is 342 Å². The van der Waals surface area contributed by atoms with Crippen molar-refractivity contribution in [3.05, 3.63) is 0 Å². The zero-order valence-electron chi connectivity index (χ0n) is 15.6. The third-order valence-electron chi connectivity index (χ3n) is 1.08. The van der Waals surface area contributed by atoms with Gasteiger partial charge in [0.1, 0.15) is 0 Å². The zero-order valence-corrected chi connectivity index (χ0v) is 20.9. The van der Waals surface area contributed by atoms with E-state index < -0.39 is 54.9 Å². The Labute approximate surface area is 199 Å². The van der Waals surface area contributed by atoms with Gasteiger partial charge in [0.2, 0.25) is 0 Å². The summed E-state index contributed by atoms with van der Waals surface area (Å²) in [6.07, 6.45) is 0.457. The molecule has 0 saturated carbocycles. The third-order valence-corrected chi connectivity index (χ3v) is 2.43. The third kappa shape index (κ3) is 422. The van der Waals surface area contributed by atoms with E-state index in [0.29, 0.717) is 6.42 Å². The van der Waals surface area contributed by atoms with E-state index in [1.807, 2.05) is 0 Å². The summed E-state index contributed by atoms with van der Waals surface area (Å²) in [5.74, 6) is 0. The van der Waals surface area contributed by atoms with Crippen molar-refractivity contribution in [3.8, 4) is 0 Å². The van der Waals surface area contributed by atoms with E-state index in [-0.39, 0.29) is 18.9 Å². The van der Waals surface area contributed by atoms with Crippen LogP contribution in [0.5, 0.6) is 0 Å². The minimum atomic E-state index is -5.14. The first-order valence-corrected chi connectivity index (χ1v) is 15.2. The van der Waals surface area contributed by atoms with E-state index >= 15 is 0 Å². The molecule has 0 bridgehead atoms. The van der Waals surface area contributed by atoms with Gasteiger partial charge in [-0.2, -0.15) is 8.42 Å². The minimum absolute atomic E-state index is 0. The van der Waals surface area contributed by atoms with Crippen LogP contribution in [0.2, 0.25) is 0 Å². The summed E-state index contributed by atoms with van der Waals surface area (Å²) in [7, 11) is -29.4. The molecule has 0 radical (unpaired) electrons. The monoisotopic (exact) mass is 646 g/mol. The summed E-state index contributed by atoms with van der Waals surface area (Å²) < 4.78 is 124. The van der Waals surface area contributed by atoms with E-state index in [1.54, 1.807) is 6.92 Å². The molecule has 18 nitrogen and oxygen atoms in total. The molecule has 212 valence electrons. The van der Waals surface area contributed by atoms with Crippen molar-refractivity contribution < 1.29 is 106 Å². The molecule has 0 aliphatic rings. The van der Waals surface area contributed by atoms with E-state index in [9.17, 15) is 29.4 Å². The van der Waals surface area contributed by atoms with Crippen molar-refractivity contribution in [1.82, 2.24) is 0 Å². The van der Waals surface area contributed by atoms with E-state index in [1.165, 1.54) is 6.92 Å². The standard InChI is InChI=1S/C4H10O3S.5FH2O3P.Li.H/c1-3-4(2)8(5,6)7;5*1-5(2,3)4;;/h4H,3H2,1-2H3,(H,5,6,7);5*(H2,2,3,4);;. The van der Waals surface area contributed by atoms with Gasteiger partial charge in [-0.05, 0) is 13.3 Å². The fourth-order valence-corrected chi connectivity index (χ4v) is 0.632. The van der Waals surface area contributed by atoms with Gasteiger partial charge in [0.15, 0.2) is 0 Å². The van der Waals surface area contributed by atoms with Crippen molar-refractivity contribution >= 4 is 68.5 Å². The Balaban J connectivity index is -0.0000000518. The van der Waals surface area contributed by atoms with Crippen molar-refractivity contribution in [2.24, 2.45) is 0 Å². The molecular weight excluding hydrogens is 625 g/mol. The molecule has 0 saturated heterocycles. The van der Waals surface area contributed by atoms with Gasteiger partial charge in [0.25, 0.3) is 10.1 Å². The van der Waals surface area contributed by atoms with Gasteiger partial charge in [0.05, 0.1) is 5.25 Å². The van der Waals surface area contributed by atoms with Gasteiger partial charge in [-0.25, -0.2) is 22.8 Å². The maximum absolute atomic E-state index is 10.4. The van der Waals surface area contributed by atoms with Crippen molar-refractivity contribution in [2.75, 3.05) is 0 Å². The average Bonchev–Trinajstić information content (AvgIpc) is 2.25. The summed E-state index contributed by atoms with van der Waals surface area (Å²) >= 11 is 0. The first-order chi connectivity index (χ1) is 13.5. The van der Waals surface area contributed by atoms with Gasteiger partial charge in [-0.3, -0.25) is 53.5 Å². The predicted octanol–water partition coefficient (Wildman–Crippen LogP) is 0.267. The first kappa shape index (κ1) is 51.5. The van der Waals surface area contributed by atoms with Gasteiger partial charge < -0.3 is 0 Å². The summed E-state index contributed by atoms with van der Waals surface area (Å²) in [4.78, 5) is 69.7. The molecule has 11 N–H and O–H groups in total. The Morgan fingerprint density at radius 2 is 0.676 bits per heavy atom. The molecule has 0 rings (SSSR count). The molecule has 0 heterocycles. The molecule has 0 fully saturated rings. The molecule has 30 heteroatoms. The molecular formula is C4H21F5LiO18P5S. The number of rotatable bonds is 2. The Kier molecular flexibility index (Phi) is 33.3. The Morgan fingerprint density at radius 1 is 0.588 bits per heavy atom. The summed E-state index contributed by atoms with van der Waals surface area (Å²) in [6.45, 7) is 3.17. The van der Waals surface area contributed by atoms with E-state index in [2.05, 4.69) is 0 Å². The second-order valence-corrected chi connectivity index (χ2v) is 10.7. The second-order valence-electron chi connectivity index (χ2n) is 4.10. The second kappa shape index (κ2) is 21.9. The van der Waals surface area contributed by atoms with Crippen LogP contribution in [0.15, 0.2) is 0 Å². The fourth-order valence-electron chi connectivity index (χ4n) is 0.211. The van der Waals surface area contributed by atoms with Crippen LogP contribution in [0.1, 0.15) is 20.3 Å². The fraction of sp³-hybridized carbons (Fsp3) is 1.00. The van der Waals surface area contributed by atoms with Crippen LogP contribution in [-0.4, -0.2) is 86.0 Å². The normalized spacial score (nSPS) is 12.4. The van der Waals surface area contributed by atoms with Gasteiger partial charge >= 0.3 is 58.4 Å². The van der Waals surface area contributed by atoms with Gasteiger partial charge in [0, 0.05) is 0 Å². The summed E-state index contributed by atoms with van der Waals surface area (Å²) in [6, 6.07) is 0. The SMILES string of the molecule is CCC(C)S(=O)(=O)O.O=P(O)(O)F.O=P(O)(O)F.O=P(O)(O)F.O=P(O)(O)F.O=P(O)(O)F.[LiH]. The Bertz CT molecular complexity index is 666. The summed E-state index contributed by atoms with van der Waals surface area (Å²) in [5, 5.41) is -0.623. The van der Waals surface area contributed by atoms with Crippen LogP contribution in [0, 0.1) is 0 Å². The van der Waals surface area contributed by atoms with Crippen molar-refractivity contribution in [2.45, 2.75) is 25.5 Å². The Morgan fingerprint density at radius 3 is 0.676 bits per heavy atom. The van der Waals surface area contributed by atoms with Gasteiger partial charge in [-0.15, -0.1) is 21.0 Å². The number of hydrogen-bond donors (Lipinski definition) is 11. The van der Waals surface area contributed by atoms with Crippen molar-refractivity contribution in [1.29, 1.82) is 0 Å². The Hall–Kier alpha value is 0.907. The molecule has 1 atom stereocenters. The van der Waals surface area contributed by atoms with E-state index in [4.69, 9.17) is 76.3 Å². The molecule has 0 aliphatic carbocycles. The predicted molar refractivity (Wildman–Crippen MR) is 104 cm³/mol. The number of hydrogen-bond acceptors (Lipinski definition) is 7. The van der Waals surface area contributed by atoms with Crippen molar-refractivity contribution in [3.63, 3.8) is 0 Å².